The van der Waals surface area contributed by atoms with Gasteiger partial charge in [0.25, 0.3) is 0 Å². The van der Waals surface area contributed by atoms with Crippen molar-refractivity contribution in [3.63, 3.8) is 0 Å². The fraction of sp³-hybridized carbons (Fsp3) is 0.400. The number of unbranched alkanes of at least 4 members (excludes halogenated alkanes) is 1. The first kappa shape index (κ1) is 9.45. The molecule has 0 saturated carbocycles. The van der Waals surface area contributed by atoms with Gasteiger partial charge in [-0.15, -0.1) is 0 Å². The molecule has 2 heteroatoms. The molecule has 0 heterocycles. The predicted octanol–water partition coefficient (Wildman–Crippen LogP) is 2.24. The van der Waals surface area contributed by atoms with Crippen molar-refractivity contribution in [2.24, 2.45) is 0 Å². The molecule has 0 fully saturated rings. The molecule has 0 nitrogen and oxygen atoms in total. The molecule has 0 spiro atoms. The third kappa shape index (κ3) is 2.45. The predicted molar refractivity (Wildman–Crippen MR) is 51.6 cm³/mol. The number of hydrogen-bond acceptors (Lipinski definition) is 0. The lowest BCUT2D eigenvalue weighted by molar-refractivity contribution is 0.796. The van der Waals surface area contributed by atoms with Gasteiger partial charge in [-0.1, -0.05) is 37.6 Å². The summed E-state index contributed by atoms with van der Waals surface area (Å²) in [6.07, 6.45) is 3.34. The largest absolute Gasteiger partial charge is 0.333 e. The SMILES string of the molecule is CCCCc1ccccc1[Si]F. The van der Waals surface area contributed by atoms with Gasteiger partial charge in [0, 0.05) is 0 Å². The summed E-state index contributed by atoms with van der Waals surface area (Å²) >= 11 is 0. The summed E-state index contributed by atoms with van der Waals surface area (Å²) in [4.78, 5) is 0. The third-order valence-corrected chi connectivity index (χ3v) is 2.61. The van der Waals surface area contributed by atoms with Gasteiger partial charge in [0.1, 0.15) is 0 Å². The molecule has 2 radical (unpaired) electrons. The Morgan fingerprint density at radius 3 is 2.75 bits per heavy atom. The minimum absolute atomic E-state index is 0.560. The molecule has 0 bridgehead atoms. The van der Waals surface area contributed by atoms with E-state index in [1.807, 2.05) is 24.3 Å². The zero-order valence-corrected chi connectivity index (χ0v) is 8.31. The van der Waals surface area contributed by atoms with Crippen molar-refractivity contribution >= 4 is 15.0 Å². The van der Waals surface area contributed by atoms with Crippen LogP contribution in [-0.4, -0.2) is 9.85 Å². The highest BCUT2D eigenvalue weighted by Gasteiger charge is 2.01. The molecule has 1 aromatic rings. The molecule has 0 aliphatic heterocycles. The molecule has 0 unspecified atom stereocenters. The highest BCUT2D eigenvalue weighted by atomic mass is 28.3. The van der Waals surface area contributed by atoms with Gasteiger partial charge in [0.05, 0.1) is 0 Å². The standard InChI is InChI=1S/C10H13FSi/c1-2-3-6-9-7-4-5-8-10(9)12-11/h4-5,7-8H,2-3,6H2,1H3. The summed E-state index contributed by atoms with van der Waals surface area (Å²) in [7, 11) is -0.560. The van der Waals surface area contributed by atoms with Crippen molar-refractivity contribution in [2.45, 2.75) is 26.2 Å². The summed E-state index contributed by atoms with van der Waals surface area (Å²) in [6, 6.07) is 7.78. The molecule has 1 rings (SSSR count). The first-order valence-corrected chi connectivity index (χ1v) is 5.20. The van der Waals surface area contributed by atoms with E-state index in [0.29, 0.717) is 0 Å². The second-order valence-corrected chi connectivity index (χ2v) is 3.58. The maximum atomic E-state index is 12.4. The normalized spacial score (nSPS) is 10.2. The van der Waals surface area contributed by atoms with Crippen molar-refractivity contribution in [3.8, 4) is 0 Å². The van der Waals surface area contributed by atoms with E-state index in [0.717, 1.165) is 18.0 Å². The summed E-state index contributed by atoms with van der Waals surface area (Å²) < 4.78 is 12.4. The Bertz CT molecular complexity index is 235. The van der Waals surface area contributed by atoms with Gasteiger partial charge in [0.15, 0.2) is 0 Å². The Morgan fingerprint density at radius 2 is 2.08 bits per heavy atom. The highest BCUT2D eigenvalue weighted by molar-refractivity contribution is 6.46. The van der Waals surface area contributed by atoms with E-state index < -0.39 is 9.85 Å². The third-order valence-electron chi connectivity index (χ3n) is 1.92. The minimum Gasteiger partial charge on any atom is -0.308 e. The van der Waals surface area contributed by atoms with Gasteiger partial charge < -0.3 is 4.11 Å². The van der Waals surface area contributed by atoms with Crippen LogP contribution < -0.4 is 5.19 Å². The Kier molecular flexibility index (Phi) is 4.01. The first-order valence-electron chi connectivity index (χ1n) is 4.33. The monoisotopic (exact) mass is 180 g/mol. The molecule has 0 saturated heterocycles. The molecular formula is C10H13FSi. The van der Waals surface area contributed by atoms with Crippen LogP contribution in [0.1, 0.15) is 25.3 Å². The Hall–Kier alpha value is -0.633. The van der Waals surface area contributed by atoms with Gasteiger partial charge in [-0.25, -0.2) is 0 Å². The Labute approximate surface area is 75.8 Å². The maximum absolute atomic E-state index is 12.4. The average Bonchev–Trinajstić information content (AvgIpc) is 2.15. The van der Waals surface area contributed by atoms with Gasteiger partial charge >= 0.3 is 9.85 Å². The van der Waals surface area contributed by atoms with E-state index in [1.54, 1.807) is 0 Å². The van der Waals surface area contributed by atoms with Crippen LogP contribution >= 0.6 is 0 Å². The molecule has 0 atom stereocenters. The Morgan fingerprint density at radius 1 is 1.33 bits per heavy atom. The molecule has 12 heavy (non-hydrogen) atoms. The smallest absolute Gasteiger partial charge is 0.308 e. The van der Waals surface area contributed by atoms with E-state index in [9.17, 15) is 4.11 Å². The summed E-state index contributed by atoms with van der Waals surface area (Å²) in [6.45, 7) is 2.15. The van der Waals surface area contributed by atoms with E-state index in [4.69, 9.17) is 0 Å². The fourth-order valence-corrected chi connectivity index (χ4v) is 1.69. The van der Waals surface area contributed by atoms with Crippen molar-refractivity contribution in [1.29, 1.82) is 0 Å². The number of rotatable bonds is 4. The number of halogens is 1. The van der Waals surface area contributed by atoms with Crippen LogP contribution in [-0.2, 0) is 6.42 Å². The highest BCUT2D eigenvalue weighted by Crippen LogP contribution is 2.01. The summed E-state index contributed by atoms with van der Waals surface area (Å²) in [5.74, 6) is 0. The van der Waals surface area contributed by atoms with Gasteiger partial charge in [-0.3, -0.25) is 0 Å². The zero-order chi connectivity index (χ0) is 8.81. The van der Waals surface area contributed by atoms with Crippen LogP contribution in [0.25, 0.3) is 0 Å². The summed E-state index contributed by atoms with van der Waals surface area (Å²) in [5.41, 5.74) is 1.18. The number of hydrogen-bond donors (Lipinski definition) is 0. The lowest BCUT2D eigenvalue weighted by atomic mass is 10.1. The quantitative estimate of drug-likeness (QED) is 0.492. The average molecular weight is 180 g/mol. The van der Waals surface area contributed by atoms with Crippen molar-refractivity contribution in [2.75, 3.05) is 0 Å². The van der Waals surface area contributed by atoms with Crippen LogP contribution in [0.4, 0.5) is 4.11 Å². The van der Waals surface area contributed by atoms with Crippen molar-refractivity contribution in [3.05, 3.63) is 29.8 Å². The molecule has 0 aliphatic rings. The Balaban J connectivity index is 2.68. The van der Waals surface area contributed by atoms with Crippen LogP contribution in [0.5, 0.6) is 0 Å². The molecule has 0 aromatic heterocycles. The van der Waals surface area contributed by atoms with E-state index >= 15 is 0 Å². The van der Waals surface area contributed by atoms with Gasteiger partial charge in [-0.2, -0.15) is 0 Å². The first-order chi connectivity index (χ1) is 5.88. The molecule has 0 aliphatic carbocycles. The van der Waals surface area contributed by atoms with Gasteiger partial charge in [0.2, 0.25) is 0 Å². The minimum atomic E-state index is -0.560. The fourth-order valence-electron chi connectivity index (χ4n) is 1.20. The van der Waals surface area contributed by atoms with Crippen molar-refractivity contribution < 1.29 is 4.11 Å². The van der Waals surface area contributed by atoms with Crippen LogP contribution in [0, 0.1) is 0 Å². The summed E-state index contributed by atoms with van der Waals surface area (Å²) in [5, 5.41) is 0.881. The second kappa shape index (κ2) is 5.09. The molecule has 1 aromatic carbocycles. The number of benzene rings is 1. The number of aryl methyl sites for hydroxylation is 1. The topological polar surface area (TPSA) is 0 Å². The molecular weight excluding hydrogens is 167 g/mol. The second-order valence-electron chi connectivity index (χ2n) is 2.86. The molecule has 0 amide bonds. The zero-order valence-electron chi connectivity index (χ0n) is 7.31. The van der Waals surface area contributed by atoms with E-state index in [2.05, 4.69) is 6.92 Å². The van der Waals surface area contributed by atoms with Crippen LogP contribution in [0.3, 0.4) is 0 Å². The van der Waals surface area contributed by atoms with E-state index in [1.165, 1.54) is 12.0 Å². The lowest BCUT2D eigenvalue weighted by Crippen LogP contribution is -2.15. The lowest BCUT2D eigenvalue weighted by Gasteiger charge is -2.03. The van der Waals surface area contributed by atoms with Crippen LogP contribution in [0.2, 0.25) is 0 Å². The van der Waals surface area contributed by atoms with Crippen LogP contribution in [0.15, 0.2) is 24.3 Å². The van der Waals surface area contributed by atoms with E-state index in [-0.39, 0.29) is 0 Å². The van der Waals surface area contributed by atoms with Crippen molar-refractivity contribution in [1.82, 2.24) is 0 Å². The van der Waals surface area contributed by atoms with Gasteiger partial charge in [-0.05, 0) is 23.6 Å². The molecule has 0 N–H and O–H groups in total. The maximum Gasteiger partial charge on any atom is 0.333 e. The molecule has 64 valence electrons.